The molecule has 1 aliphatic rings. The van der Waals surface area contributed by atoms with Gasteiger partial charge in [0, 0.05) is 19.9 Å². The molecule has 30 heavy (non-hydrogen) atoms. The van der Waals surface area contributed by atoms with E-state index >= 15 is 0 Å². The molecule has 0 aliphatic heterocycles. The van der Waals surface area contributed by atoms with Crippen LogP contribution in [-0.4, -0.2) is 21.5 Å². The summed E-state index contributed by atoms with van der Waals surface area (Å²) in [4.78, 5) is 4.02. The Morgan fingerprint density at radius 3 is 2.03 bits per heavy atom. The Morgan fingerprint density at radius 1 is 0.800 bits per heavy atom. The molecule has 0 spiro atoms. The van der Waals surface area contributed by atoms with E-state index in [-0.39, 0.29) is 5.25 Å². The summed E-state index contributed by atoms with van der Waals surface area (Å²) in [5.74, 6) is 0. The molecule has 0 N–H and O–H groups in total. The van der Waals surface area contributed by atoms with Gasteiger partial charge in [-0.05, 0) is 48.9 Å². The second-order valence-corrected chi connectivity index (χ2v) is 11.5. The van der Waals surface area contributed by atoms with Crippen molar-refractivity contribution in [1.29, 1.82) is 0 Å². The van der Waals surface area contributed by atoms with Gasteiger partial charge in [0.15, 0.2) is 0 Å². The third-order valence-corrected chi connectivity index (χ3v) is 8.76. The van der Waals surface area contributed by atoms with Gasteiger partial charge in [-0.15, -0.1) is 11.8 Å². The molecule has 6 heteroatoms. The molecule has 0 heterocycles. The van der Waals surface area contributed by atoms with Crippen LogP contribution in [0.25, 0.3) is 0 Å². The summed E-state index contributed by atoms with van der Waals surface area (Å²) in [5, 5.41) is 0.0545. The Hall–Kier alpha value is -2.15. The number of sulfone groups is 1. The first kappa shape index (κ1) is 21.1. The standard InChI is InChI=1S/C24H21BO2S3/c25-18-11-13-23(14-12-18)30(26,27)24-16-21(28-19-7-3-1-4-8-19)15-22(17-24)29-20-9-5-2-6-10-20/h1-16,22H,17,25H2. The van der Waals surface area contributed by atoms with Crippen molar-refractivity contribution in [3.8, 4) is 0 Å². The topological polar surface area (TPSA) is 34.1 Å². The fourth-order valence-electron chi connectivity index (χ4n) is 3.20. The lowest BCUT2D eigenvalue weighted by atomic mass is 9.97. The van der Waals surface area contributed by atoms with Crippen LogP contribution in [0.1, 0.15) is 6.42 Å². The number of allylic oxidation sites excluding steroid dienone is 2. The number of hydrogen-bond acceptors (Lipinski definition) is 4. The fraction of sp³-hybridized carbons (Fsp3) is 0.0833. The van der Waals surface area contributed by atoms with Gasteiger partial charge >= 0.3 is 0 Å². The number of thioether (sulfide) groups is 2. The number of hydrogen-bond donors (Lipinski definition) is 0. The largest absolute Gasteiger partial charge is 0.219 e. The van der Waals surface area contributed by atoms with Crippen LogP contribution in [0.3, 0.4) is 0 Å². The first-order chi connectivity index (χ1) is 14.5. The predicted octanol–water partition coefficient (Wildman–Crippen LogP) is 4.84. The highest BCUT2D eigenvalue weighted by Gasteiger charge is 2.27. The van der Waals surface area contributed by atoms with Crippen LogP contribution in [-0.2, 0) is 9.84 Å². The van der Waals surface area contributed by atoms with Crippen molar-refractivity contribution in [2.75, 3.05) is 0 Å². The minimum absolute atomic E-state index is 0.0545. The van der Waals surface area contributed by atoms with Gasteiger partial charge in [0.1, 0.15) is 7.85 Å². The van der Waals surface area contributed by atoms with Gasteiger partial charge < -0.3 is 0 Å². The number of benzene rings is 3. The summed E-state index contributed by atoms with van der Waals surface area (Å²) in [7, 11) is -1.58. The molecular weight excluding hydrogens is 427 g/mol. The summed E-state index contributed by atoms with van der Waals surface area (Å²) >= 11 is 3.30. The van der Waals surface area contributed by atoms with E-state index in [1.165, 1.54) is 0 Å². The van der Waals surface area contributed by atoms with Crippen LogP contribution in [0.15, 0.2) is 122 Å². The highest BCUT2D eigenvalue weighted by atomic mass is 32.2. The van der Waals surface area contributed by atoms with E-state index in [0.717, 1.165) is 20.2 Å². The Kier molecular flexibility index (Phi) is 6.57. The quantitative estimate of drug-likeness (QED) is 0.506. The Morgan fingerprint density at radius 2 is 1.40 bits per heavy atom. The molecule has 1 aliphatic carbocycles. The van der Waals surface area contributed by atoms with Crippen LogP contribution in [0.2, 0.25) is 0 Å². The lowest BCUT2D eigenvalue weighted by Crippen LogP contribution is -2.14. The van der Waals surface area contributed by atoms with Crippen molar-refractivity contribution in [1.82, 2.24) is 0 Å². The zero-order valence-electron chi connectivity index (χ0n) is 16.6. The van der Waals surface area contributed by atoms with Crippen molar-refractivity contribution in [3.63, 3.8) is 0 Å². The molecule has 4 rings (SSSR count). The first-order valence-corrected chi connectivity index (χ1v) is 12.9. The van der Waals surface area contributed by atoms with Gasteiger partial charge in [-0.1, -0.05) is 71.8 Å². The lowest BCUT2D eigenvalue weighted by molar-refractivity contribution is 0.600. The van der Waals surface area contributed by atoms with Crippen LogP contribution in [0.4, 0.5) is 0 Å². The van der Waals surface area contributed by atoms with Crippen LogP contribution >= 0.6 is 23.5 Å². The second-order valence-electron chi connectivity index (χ2n) is 7.08. The Bertz CT molecular complexity index is 1170. The summed E-state index contributed by atoms with van der Waals surface area (Å²) < 4.78 is 26.8. The van der Waals surface area contributed by atoms with E-state index < -0.39 is 9.84 Å². The van der Waals surface area contributed by atoms with E-state index in [0.29, 0.717) is 16.2 Å². The van der Waals surface area contributed by atoms with Gasteiger partial charge in [-0.2, -0.15) is 0 Å². The van der Waals surface area contributed by atoms with Gasteiger partial charge in [0.05, 0.1) is 9.80 Å². The monoisotopic (exact) mass is 448 g/mol. The molecule has 0 saturated carbocycles. The minimum Gasteiger partial charge on any atom is -0.219 e. The molecule has 150 valence electrons. The van der Waals surface area contributed by atoms with Crippen molar-refractivity contribution >= 4 is 46.7 Å². The van der Waals surface area contributed by atoms with E-state index in [1.54, 1.807) is 35.7 Å². The minimum atomic E-state index is -3.54. The van der Waals surface area contributed by atoms with Crippen molar-refractivity contribution in [3.05, 3.63) is 107 Å². The molecule has 1 unspecified atom stereocenters. The molecule has 0 radical (unpaired) electrons. The Balaban J connectivity index is 1.67. The van der Waals surface area contributed by atoms with Crippen LogP contribution < -0.4 is 5.46 Å². The fourth-order valence-corrected chi connectivity index (χ4v) is 7.08. The SMILES string of the molecule is Bc1ccc(S(=O)(=O)C2=CC(Sc3ccccc3)=CC(Sc3ccccc3)C2)cc1. The van der Waals surface area contributed by atoms with E-state index in [4.69, 9.17) is 0 Å². The van der Waals surface area contributed by atoms with Gasteiger partial charge in [0.2, 0.25) is 9.84 Å². The zero-order valence-corrected chi connectivity index (χ0v) is 19.0. The molecule has 0 aromatic heterocycles. The maximum absolute atomic E-state index is 13.4. The molecule has 2 nitrogen and oxygen atoms in total. The van der Waals surface area contributed by atoms with Crippen LogP contribution in [0, 0.1) is 0 Å². The molecule has 3 aromatic rings. The zero-order chi connectivity index (χ0) is 21.0. The van der Waals surface area contributed by atoms with Crippen molar-refractivity contribution < 1.29 is 8.42 Å². The second kappa shape index (κ2) is 9.33. The molecule has 0 amide bonds. The maximum atomic E-state index is 13.4. The number of rotatable bonds is 6. The third kappa shape index (κ3) is 5.12. The van der Waals surface area contributed by atoms with Crippen LogP contribution in [0.5, 0.6) is 0 Å². The molecule has 0 fully saturated rings. The first-order valence-electron chi connectivity index (χ1n) is 9.69. The average molecular weight is 448 g/mol. The normalized spacial score (nSPS) is 16.6. The molecule has 0 bridgehead atoms. The maximum Gasteiger partial charge on any atom is 0.202 e. The van der Waals surface area contributed by atoms with Crippen molar-refractivity contribution in [2.24, 2.45) is 0 Å². The summed E-state index contributed by atoms with van der Waals surface area (Å²) in [6, 6.07) is 27.3. The summed E-state index contributed by atoms with van der Waals surface area (Å²) in [5.41, 5.74) is 1.05. The van der Waals surface area contributed by atoms with E-state index in [9.17, 15) is 8.42 Å². The smallest absolute Gasteiger partial charge is 0.202 e. The molecular formula is C24H21BO2S3. The lowest BCUT2D eigenvalue weighted by Gasteiger charge is -2.22. The average Bonchev–Trinajstić information content (AvgIpc) is 2.75. The summed E-state index contributed by atoms with van der Waals surface area (Å²) in [6.07, 6.45) is 4.51. The molecule has 0 saturated heterocycles. The third-order valence-electron chi connectivity index (χ3n) is 4.74. The van der Waals surface area contributed by atoms with E-state index in [1.807, 2.05) is 74.6 Å². The summed E-state index contributed by atoms with van der Waals surface area (Å²) in [6.45, 7) is 0. The van der Waals surface area contributed by atoms with Gasteiger partial charge in [-0.3, -0.25) is 0 Å². The highest BCUT2D eigenvalue weighted by Crippen LogP contribution is 2.40. The molecule has 1 atom stereocenters. The van der Waals surface area contributed by atoms with Gasteiger partial charge in [0.25, 0.3) is 0 Å². The molecule has 3 aromatic carbocycles. The van der Waals surface area contributed by atoms with Crippen molar-refractivity contribution in [2.45, 2.75) is 26.4 Å². The van der Waals surface area contributed by atoms with Gasteiger partial charge in [-0.25, -0.2) is 8.42 Å². The predicted molar refractivity (Wildman–Crippen MR) is 131 cm³/mol. The Labute approximate surface area is 187 Å². The van der Waals surface area contributed by atoms with E-state index in [2.05, 4.69) is 18.2 Å². The highest BCUT2D eigenvalue weighted by molar-refractivity contribution is 8.03.